The molecule has 3 nitrogen and oxygen atoms in total. The van der Waals surface area contributed by atoms with Crippen LogP contribution in [0.3, 0.4) is 0 Å². The number of nitrogens with zero attached hydrogens (tertiary/aromatic N) is 1. The minimum absolute atomic E-state index is 0.829. The zero-order chi connectivity index (χ0) is 9.52. The summed E-state index contributed by atoms with van der Waals surface area (Å²) in [5.74, 6) is 0. The summed E-state index contributed by atoms with van der Waals surface area (Å²) in [6.45, 7) is 2.04. The van der Waals surface area contributed by atoms with Gasteiger partial charge >= 0.3 is 0 Å². The van der Waals surface area contributed by atoms with E-state index in [-0.39, 0.29) is 0 Å². The van der Waals surface area contributed by atoms with E-state index in [2.05, 4.69) is 10.2 Å². The second-order valence-electron chi connectivity index (χ2n) is 2.68. The molecule has 2 aromatic rings. The van der Waals surface area contributed by atoms with Gasteiger partial charge in [-0.25, -0.2) is 0 Å². The normalized spacial score (nSPS) is 8.69. The highest BCUT2D eigenvalue weighted by Gasteiger charge is 1.80. The van der Waals surface area contributed by atoms with Crippen molar-refractivity contribution in [3.63, 3.8) is 0 Å². The lowest BCUT2D eigenvalue weighted by atomic mass is 10.2. The molecule has 1 aromatic heterocycles. The van der Waals surface area contributed by atoms with E-state index in [1.807, 2.05) is 37.3 Å². The molecule has 0 spiro atoms. The average Bonchev–Trinajstić information content (AvgIpc) is 2.68. The van der Waals surface area contributed by atoms with Crippen molar-refractivity contribution in [1.82, 2.24) is 10.2 Å². The first-order valence-corrected chi connectivity index (χ1v) is 4.05. The molecule has 2 rings (SSSR count). The highest BCUT2D eigenvalue weighted by molar-refractivity contribution is 5.38. The minimum Gasteiger partial charge on any atom is -0.399 e. The van der Waals surface area contributed by atoms with Crippen molar-refractivity contribution < 1.29 is 0 Å². The van der Waals surface area contributed by atoms with Gasteiger partial charge in [0.15, 0.2) is 0 Å². The highest BCUT2D eigenvalue weighted by atomic mass is 15.1. The summed E-state index contributed by atoms with van der Waals surface area (Å²) >= 11 is 0. The van der Waals surface area contributed by atoms with Gasteiger partial charge in [-0.2, -0.15) is 5.10 Å². The molecule has 1 heterocycles. The van der Waals surface area contributed by atoms with Crippen LogP contribution in [0.4, 0.5) is 5.69 Å². The maximum atomic E-state index is 5.43. The molecule has 0 fully saturated rings. The maximum absolute atomic E-state index is 5.43. The Balaban J connectivity index is 0.000000145. The first-order chi connectivity index (χ1) is 6.29. The summed E-state index contributed by atoms with van der Waals surface area (Å²) in [5.41, 5.74) is 7.51. The van der Waals surface area contributed by atoms with E-state index in [9.17, 15) is 0 Å². The quantitative estimate of drug-likeness (QED) is 0.601. The number of hydrogen-bond donors (Lipinski definition) is 2. The van der Waals surface area contributed by atoms with Gasteiger partial charge in [-0.05, 0) is 25.1 Å². The number of aromatic amines is 1. The highest BCUT2D eigenvalue weighted by Crippen LogP contribution is 2.02. The van der Waals surface area contributed by atoms with E-state index in [1.54, 1.807) is 12.4 Å². The number of rotatable bonds is 0. The number of aromatic nitrogens is 2. The van der Waals surface area contributed by atoms with E-state index < -0.39 is 0 Å². The Bertz CT molecular complexity index is 272. The molecule has 1 aromatic carbocycles. The predicted octanol–water partition coefficient (Wildman–Crippen LogP) is 1.99. The van der Waals surface area contributed by atoms with E-state index in [0.717, 1.165) is 5.69 Å². The number of nitrogens with one attached hydrogen (secondary N) is 1. The van der Waals surface area contributed by atoms with Crippen LogP contribution in [0.1, 0.15) is 5.56 Å². The molecule has 3 N–H and O–H groups in total. The number of anilines is 1. The van der Waals surface area contributed by atoms with Crippen LogP contribution in [0, 0.1) is 6.92 Å². The van der Waals surface area contributed by atoms with Crippen LogP contribution in [0.5, 0.6) is 0 Å². The Morgan fingerprint density at radius 1 is 1.23 bits per heavy atom. The lowest BCUT2D eigenvalue weighted by molar-refractivity contribution is 1.09. The van der Waals surface area contributed by atoms with Gasteiger partial charge in [-0.15, -0.1) is 0 Å². The molecule has 0 aliphatic heterocycles. The van der Waals surface area contributed by atoms with Crippen molar-refractivity contribution in [2.24, 2.45) is 0 Å². The molecule has 0 bridgehead atoms. The molecule has 0 saturated heterocycles. The SMILES string of the molecule is Cc1ccc(N)cc1.c1cn[nH]c1. The third-order valence-electron chi connectivity index (χ3n) is 1.48. The molecule has 0 aliphatic rings. The van der Waals surface area contributed by atoms with E-state index >= 15 is 0 Å². The van der Waals surface area contributed by atoms with Gasteiger partial charge in [0.05, 0.1) is 0 Å². The minimum atomic E-state index is 0.829. The Kier molecular flexibility index (Phi) is 3.57. The van der Waals surface area contributed by atoms with Crippen molar-refractivity contribution in [3.05, 3.63) is 48.3 Å². The molecule has 0 amide bonds. The van der Waals surface area contributed by atoms with Gasteiger partial charge in [0, 0.05) is 18.1 Å². The monoisotopic (exact) mass is 175 g/mol. The number of benzene rings is 1. The summed E-state index contributed by atoms with van der Waals surface area (Å²) in [4.78, 5) is 0. The van der Waals surface area contributed by atoms with Crippen molar-refractivity contribution in [2.75, 3.05) is 5.73 Å². The van der Waals surface area contributed by atoms with Gasteiger partial charge < -0.3 is 5.73 Å². The predicted molar refractivity (Wildman–Crippen MR) is 54.2 cm³/mol. The molecule has 0 atom stereocenters. The molecule has 13 heavy (non-hydrogen) atoms. The fourth-order valence-corrected chi connectivity index (χ4v) is 0.782. The van der Waals surface area contributed by atoms with Crippen LogP contribution in [0.2, 0.25) is 0 Å². The van der Waals surface area contributed by atoms with Gasteiger partial charge in [0.2, 0.25) is 0 Å². The summed E-state index contributed by atoms with van der Waals surface area (Å²) < 4.78 is 0. The topological polar surface area (TPSA) is 54.7 Å². The molecule has 0 saturated carbocycles. The third kappa shape index (κ3) is 3.96. The van der Waals surface area contributed by atoms with Crippen LogP contribution in [-0.4, -0.2) is 10.2 Å². The van der Waals surface area contributed by atoms with Gasteiger partial charge in [0.1, 0.15) is 0 Å². The molecular formula is C10H13N3. The molecule has 3 heteroatoms. The number of hydrogen-bond acceptors (Lipinski definition) is 2. The lowest BCUT2D eigenvalue weighted by Crippen LogP contribution is -1.81. The summed E-state index contributed by atoms with van der Waals surface area (Å²) in [6, 6.07) is 9.62. The second kappa shape index (κ2) is 4.98. The van der Waals surface area contributed by atoms with Gasteiger partial charge in [0.25, 0.3) is 0 Å². The summed E-state index contributed by atoms with van der Waals surface area (Å²) in [7, 11) is 0. The fraction of sp³-hybridized carbons (Fsp3) is 0.100. The first-order valence-electron chi connectivity index (χ1n) is 4.05. The van der Waals surface area contributed by atoms with Crippen LogP contribution < -0.4 is 5.73 Å². The summed E-state index contributed by atoms with van der Waals surface area (Å²) in [6.07, 6.45) is 3.46. The van der Waals surface area contributed by atoms with E-state index in [4.69, 9.17) is 5.73 Å². The molecule has 68 valence electrons. The van der Waals surface area contributed by atoms with E-state index in [1.165, 1.54) is 5.56 Å². The Morgan fingerprint density at radius 2 is 1.92 bits per heavy atom. The number of H-pyrrole nitrogens is 1. The smallest absolute Gasteiger partial charge is 0.0487 e. The number of nitrogen functional groups attached to an aromatic ring is 1. The fourth-order valence-electron chi connectivity index (χ4n) is 0.782. The zero-order valence-electron chi connectivity index (χ0n) is 7.57. The van der Waals surface area contributed by atoms with Gasteiger partial charge in [-0.1, -0.05) is 17.7 Å². The second-order valence-corrected chi connectivity index (χ2v) is 2.68. The van der Waals surface area contributed by atoms with Crippen molar-refractivity contribution in [1.29, 1.82) is 0 Å². The molecule has 0 unspecified atom stereocenters. The van der Waals surface area contributed by atoms with Crippen molar-refractivity contribution >= 4 is 5.69 Å². The Labute approximate surface area is 77.6 Å². The van der Waals surface area contributed by atoms with E-state index in [0.29, 0.717) is 0 Å². The standard InChI is InChI=1S/C7H9N.C3H4N2/c1-6-2-4-7(8)5-3-6;1-2-4-5-3-1/h2-5H,8H2,1H3;1-3H,(H,4,5). The van der Waals surface area contributed by atoms with Crippen LogP contribution in [0.25, 0.3) is 0 Å². The zero-order valence-corrected chi connectivity index (χ0v) is 7.57. The third-order valence-corrected chi connectivity index (χ3v) is 1.48. The van der Waals surface area contributed by atoms with Gasteiger partial charge in [-0.3, -0.25) is 5.10 Å². The molecule has 0 radical (unpaired) electrons. The first kappa shape index (κ1) is 9.32. The van der Waals surface area contributed by atoms with Crippen LogP contribution >= 0.6 is 0 Å². The van der Waals surface area contributed by atoms with Crippen molar-refractivity contribution in [3.8, 4) is 0 Å². The summed E-state index contributed by atoms with van der Waals surface area (Å²) in [5, 5.41) is 6.21. The Morgan fingerprint density at radius 3 is 2.23 bits per heavy atom. The average molecular weight is 175 g/mol. The molecule has 0 aliphatic carbocycles. The number of nitrogens with two attached hydrogens (primary N) is 1. The largest absolute Gasteiger partial charge is 0.399 e. The molecular weight excluding hydrogens is 162 g/mol. The lowest BCUT2D eigenvalue weighted by Gasteiger charge is -1.90. The van der Waals surface area contributed by atoms with Crippen LogP contribution in [0.15, 0.2) is 42.7 Å². The van der Waals surface area contributed by atoms with Crippen LogP contribution in [-0.2, 0) is 0 Å². The number of aryl methyl sites for hydroxylation is 1. The maximum Gasteiger partial charge on any atom is 0.0487 e. The Hall–Kier alpha value is -1.77. The van der Waals surface area contributed by atoms with Crippen molar-refractivity contribution in [2.45, 2.75) is 6.92 Å².